The molecule has 1 N–H and O–H groups in total. The second-order valence-corrected chi connectivity index (χ2v) is 16.4. The lowest BCUT2D eigenvalue weighted by atomic mass is 9.78. The van der Waals surface area contributed by atoms with Crippen molar-refractivity contribution < 1.29 is 19.4 Å². The van der Waals surface area contributed by atoms with E-state index >= 15 is 0 Å². The maximum absolute atomic E-state index is 13.6. The summed E-state index contributed by atoms with van der Waals surface area (Å²) in [6, 6.07) is 13.6. The maximum atomic E-state index is 13.6. The Bertz CT molecular complexity index is 1750. The molecule has 0 bridgehead atoms. The van der Waals surface area contributed by atoms with Crippen LogP contribution < -0.4 is 4.74 Å². The average molecular weight is 851 g/mol. The smallest absolute Gasteiger partial charge is 0.181 e. The molecule has 4 aromatic rings. The van der Waals surface area contributed by atoms with Crippen molar-refractivity contribution in [3.05, 3.63) is 93.9 Å². The van der Waals surface area contributed by atoms with Crippen LogP contribution in [0.1, 0.15) is 97.0 Å². The van der Waals surface area contributed by atoms with Gasteiger partial charge in [0.15, 0.2) is 11.6 Å². The molecular weight excluding hydrogens is 818 g/mol. The number of carbonyl (C=O) groups is 2. The fraction of sp³-hybridized carbons (Fsp3) is 0.343. The number of phenolic OH excluding ortho intramolecular Hbond substituents is 1. The molecule has 3 aromatic carbocycles. The molecule has 1 aliphatic rings. The predicted octanol–water partition coefficient (Wildman–Crippen LogP) is 10.8. The summed E-state index contributed by atoms with van der Waals surface area (Å²) in [4.78, 5) is 32.0. The van der Waals surface area contributed by atoms with Crippen molar-refractivity contribution in [1.29, 1.82) is 0 Å². The second-order valence-electron chi connectivity index (χ2n) is 13.2. The quantitative estimate of drug-likeness (QED) is 0.0905. The van der Waals surface area contributed by atoms with Crippen molar-refractivity contribution in [2.24, 2.45) is 0 Å². The van der Waals surface area contributed by atoms with Crippen molar-refractivity contribution in [2.75, 3.05) is 6.61 Å². The van der Waals surface area contributed by atoms with Gasteiger partial charge in [0.1, 0.15) is 22.9 Å². The third-order valence-corrected chi connectivity index (χ3v) is 12.7. The van der Waals surface area contributed by atoms with E-state index in [2.05, 4.69) is 117 Å². The van der Waals surface area contributed by atoms with E-state index in [0.717, 1.165) is 34.9 Å². The van der Waals surface area contributed by atoms with Crippen LogP contribution in [-0.2, 0) is 17.3 Å². The van der Waals surface area contributed by atoms with E-state index in [9.17, 15) is 14.7 Å². The molecule has 0 fully saturated rings. The Kier molecular flexibility index (Phi) is 9.29. The van der Waals surface area contributed by atoms with Crippen LogP contribution in [0.3, 0.4) is 0 Å². The molecule has 0 saturated carbocycles. The number of para-hydroxylation sites is 1. The Labute approximate surface area is 291 Å². The molecule has 0 unspecified atom stereocenters. The van der Waals surface area contributed by atoms with Crippen LogP contribution in [0.25, 0.3) is 10.9 Å². The molecule has 0 spiro atoms. The molecule has 1 aliphatic carbocycles. The molecular formula is C35H33Br4NO4. The van der Waals surface area contributed by atoms with Gasteiger partial charge in [0.25, 0.3) is 0 Å². The average Bonchev–Trinajstić information content (AvgIpc) is 3.21. The summed E-state index contributed by atoms with van der Waals surface area (Å²) >= 11 is 14.0. The van der Waals surface area contributed by atoms with E-state index < -0.39 is 5.92 Å². The molecule has 44 heavy (non-hydrogen) atoms. The number of aromatic nitrogens is 1. The van der Waals surface area contributed by atoms with E-state index in [1.807, 2.05) is 24.3 Å². The molecule has 0 amide bonds. The molecule has 0 atom stereocenters. The van der Waals surface area contributed by atoms with Crippen LogP contribution in [0, 0.1) is 0 Å². The number of pyridine rings is 1. The van der Waals surface area contributed by atoms with Gasteiger partial charge in [0.05, 0.1) is 12.3 Å². The third-order valence-electron chi connectivity index (χ3n) is 7.94. The minimum absolute atomic E-state index is 0.189. The Hall–Kier alpha value is -2.07. The second kappa shape index (κ2) is 12.3. The predicted molar refractivity (Wildman–Crippen MR) is 190 cm³/mol. The highest BCUT2D eigenvalue weighted by atomic mass is 79.9. The molecule has 0 radical (unpaired) electrons. The lowest BCUT2D eigenvalue weighted by Gasteiger charge is -2.28. The zero-order valence-electron chi connectivity index (χ0n) is 25.4. The number of hydrogen-bond acceptors (Lipinski definition) is 5. The zero-order chi connectivity index (χ0) is 32.3. The van der Waals surface area contributed by atoms with E-state index in [1.54, 1.807) is 6.07 Å². The first-order valence-corrected chi connectivity index (χ1v) is 17.5. The number of ether oxygens (including phenoxy) is 1. The molecule has 0 saturated heterocycles. The van der Waals surface area contributed by atoms with E-state index in [1.165, 1.54) is 0 Å². The minimum Gasteiger partial charge on any atom is -0.507 e. The number of nitrogens with zero attached hydrogens (tertiary/aromatic N) is 1. The Balaban J connectivity index is 1.39. The lowest BCUT2D eigenvalue weighted by molar-refractivity contribution is 0.0887. The van der Waals surface area contributed by atoms with Gasteiger partial charge in [0.2, 0.25) is 0 Å². The number of phenols is 1. The first-order chi connectivity index (χ1) is 20.5. The molecule has 1 heterocycles. The summed E-state index contributed by atoms with van der Waals surface area (Å²) in [5.74, 6) is -0.655. The summed E-state index contributed by atoms with van der Waals surface area (Å²) in [5, 5.41) is 11.9. The van der Waals surface area contributed by atoms with Crippen LogP contribution >= 0.6 is 63.7 Å². The Morgan fingerprint density at radius 1 is 0.795 bits per heavy atom. The first kappa shape index (κ1) is 33.3. The molecule has 9 heteroatoms. The number of fused-ring (bicyclic) bond motifs is 2. The summed E-state index contributed by atoms with van der Waals surface area (Å²) in [6.45, 7) is 13.1. The van der Waals surface area contributed by atoms with E-state index in [4.69, 9.17) is 9.72 Å². The number of carbonyl (C=O) groups excluding carboxylic acids is 2. The lowest BCUT2D eigenvalue weighted by Crippen LogP contribution is -2.18. The number of benzene rings is 3. The number of rotatable bonds is 6. The van der Waals surface area contributed by atoms with Gasteiger partial charge in [-0.3, -0.25) is 9.59 Å². The van der Waals surface area contributed by atoms with Gasteiger partial charge in [-0.25, -0.2) is 4.98 Å². The van der Waals surface area contributed by atoms with Crippen LogP contribution in [0.15, 0.2) is 60.4 Å². The number of aromatic hydroxyl groups is 1. The number of aryl methyl sites for hydroxylation is 1. The molecule has 1 aromatic heterocycles. The van der Waals surface area contributed by atoms with Gasteiger partial charge >= 0.3 is 0 Å². The van der Waals surface area contributed by atoms with Gasteiger partial charge in [-0.05, 0) is 116 Å². The van der Waals surface area contributed by atoms with Crippen molar-refractivity contribution >= 4 is 86.2 Å². The van der Waals surface area contributed by atoms with Gasteiger partial charge in [-0.2, -0.15) is 0 Å². The van der Waals surface area contributed by atoms with Crippen LogP contribution in [-0.4, -0.2) is 28.3 Å². The van der Waals surface area contributed by atoms with E-state index in [-0.39, 0.29) is 22.4 Å². The van der Waals surface area contributed by atoms with Crippen LogP contribution in [0.2, 0.25) is 0 Å². The summed E-state index contributed by atoms with van der Waals surface area (Å²) in [5.41, 5.74) is 4.35. The normalized spacial score (nSPS) is 14.0. The van der Waals surface area contributed by atoms with Crippen LogP contribution in [0.4, 0.5) is 0 Å². The summed E-state index contributed by atoms with van der Waals surface area (Å²) < 4.78 is 8.63. The number of halogens is 4. The topological polar surface area (TPSA) is 76.5 Å². The number of ketones is 2. The largest absolute Gasteiger partial charge is 0.507 e. The van der Waals surface area contributed by atoms with Crippen molar-refractivity contribution in [3.8, 4) is 11.5 Å². The summed E-state index contributed by atoms with van der Waals surface area (Å²) in [7, 11) is 0. The number of Topliss-reactive ketones (excluding diaryl/α,β-unsaturated/α-hetero) is 2. The number of hydrogen-bond donors (Lipinski definition) is 1. The molecule has 5 rings (SSSR count). The molecule has 230 valence electrons. The Morgan fingerprint density at radius 2 is 1.34 bits per heavy atom. The molecule has 5 nitrogen and oxygen atoms in total. The van der Waals surface area contributed by atoms with Gasteiger partial charge < -0.3 is 9.84 Å². The summed E-state index contributed by atoms with van der Waals surface area (Å²) in [6.07, 6.45) is 1.54. The van der Waals surface area contributed by atoms with Gasteiger partial charge in [-0.1, -0.05) is 71.9 Å². The molecule has 0 aliphatic heterocycles. The van der Waals surface area contributed by atoms with Crippen molar-refractivity contribution in [1.82, 2.24) is 4.98 Å². The highest BCUT2D eigenvalue weighted by Gasteiger charge is 2.44. The SMILES string of the molecule is CC(C)(C)c1cc(CCCOc2cccc3ccc(C4C(=O)c5c(Br)c(Br)c(Br)c(Br)c5C4=O)nc23)cc(C(C)(C)C)c1O. The maximum Gasteiger partial charge on any atom is 0.181 e. The monoisotopic (exact) mass is 847 g/mol. The zero-order valence-corrected chi connectivity index (χ0v) is 31.7. The standard InChI is InChI=1S/C35H33Br4NO4/c1-34(2,3)19-15-17(16-20(31(19)41)35(4,5)6)9-8-14-44-22-11-7-10-18-12-13-21(40-30(18)22)23-32(42)24-25(33(23)43)27(37)29(39)28(38)26(24)36/h7,10-13,15-16,23,41H,8-9,14H2,1-6H3. The van der Waals surface area contributed by atoms with Crippen LogP contribution in [0.5, 0.6) is 11.5 Å². The van der Waals surface area contributed by atoms with Crippen molar-refractivity contribution in [3.63, 3.8) is 0 Å². The van der Waals surface area contributed by atoms with Gasteiger partial charge in [-0.15, -0.1) is 0 Å². The highest BCUT2D eigenvalue weighted by molar-refractivity contribution is 9.15. The fourth-order valence-electron chi connectivity index (χ4n) is 5.62. The Morgan fingerprint density at radius 3 is 1.86 bits per heavy atom. The van der Waals surface area contributed by atoms with Crippen molar-refractivity contribution in [2.45, 2.75) is 71.1 Å². The third kappa shape index (κ3) is 6.06. The van der Waals surface area contributed by atoms with Gasteiger partial charge in [0, 0.05) is 34.4 Å². The minimum atomic E-state index is -1.04. The first-order valence-electron chi connectivity index (χ1n) is 14.4. The highest BCUT2D eigenvalue weighted by Crippen LogP contribution is 2.48. The van der Waals surface area contributed by atoms with E-state index in [0.29, 0.717) is 58.3 Å². The fourth-order valence-corrected chi connectivity index (χ4v) is 8.13.